The number of unbranched alkanes of at least 4 members (excludes halogenated alkanes) is 1. The third kappa shape index (κ3) is 6.17. The standard InChI is InChI=1S/C8H6O4.C4H9.Zn/c9-7(10)5-3-1-2-4-6(5)8(11)12;1-3-4-2;/h1-4H,(H,9,10)(H,11,12);1,3-4H2,2H3;. The van der Waals surface area contributed by atoms with Crippen molar-refractivity contribution in [3.63, 3.8) is 0 Å². The smallest absolute Gasteiger partial charge is 0.336 e. The summed E-state index contributed by atoms with van der Waals surface area (Å²) in [6, 6.07) is 5.48. The van der Waals surface area contributed by atoms with Gasteiger partial charge in [0, 0.05) is 0 Å². The Balaban J connectivity index is 0.000000437. The van der Waals surface area contributed by atoms with Crippen molar-refractivity contribution in [2.75, 3.05) is 0 Å². The van der Waals surface area contributed by atoms with Gasteiger partial charge in [-0.1, -0.05) is 12.1 Å². The van der Waals surface area contributed by atoms with Crippen LogP contribution in [0, 0.1) is 0 Å². The molecule has 0 unspecified atom stereocenters. The van der Waals surface area contributed by atoms with Crippen molar-refractivity contribution in [1.82, 2.24) is 0 Å². The Hall–Kier alpha value is -1.22. The Morgan fingerprint density at radius 2 is 1.53 bits per heavy atom. The Morgan fingerprint density at radius 3 is 1.71 bits per heavy atom. The predicted molar refractivity (Wildman–Crippen MR) is 60.1 cm³/mol. The van der Waals surface area contributed by atoms with Gasteiger partial charge in [-0.05, 0) is 12.1 Å². The number of hydrogen-bond donors (Lipinski definition) is 2. The van der Waals surface area contributed by atoms with E-state index in [1.165, 1.54) is 60.4 Å². The van der Waals surface area contributed by atoms with Gasteiger partial charge in [0.05, 0.1) is 11.1 Å². The van der Waals surface area contributed by atoms with Crippen LogP contribution in [0.2, 0.25) is 5.02 Å². The van der Waals surface area contributed by atoms with E-state index in [9.17, 15) is 9.59 Å². The molecule has 0 aromatic heterocycles. The fourth-order valence-electron chi connectivity index (χ4n) is 1.11. The summed E-state index contributed by atoms with van der Waals surface area (Å²) in [7, 11) is 0. The largest absolute Gasteiger partial charge is 0.478 e. The first-order valence-electron chi connectivity index (χ1n) is 5.39. The second-order valence-electron chi connectivity index (χ2n) is 3.36. The van der Waals surface area contributed by atoms with Crippen LogP contribution in [0.15, 0.2) is 24.3 Å². The van der Waals surface area contributed by atoms with Crippen LogP contribution < -0.4 is 0 Å². The Bertz CT molecular complexity index is 342. The first-order chi connectivity index (χ1) is 8.04. The molecular formula is C12H15O4Zn. The molecule has 4 nitrogen and oxygen atoms in total. The van der Waals surface area contributed by atoms with Crippen LogP contribution in [0.1, 0.15) is 40.5 Å². The second-order valence-corrected chi connectivity index (χ2v) is 4.85. The molecule has 0 bridgehead atoms. The summed E-state index contributed by atoms with van der Waals surface area (Å²) in [6.07, 6.45) is 2.82. The van der Waals surface area contributed by atoms with E-state index in [1.54, 1.807) is 0 Å². The van der Waals surface area contributed by atoms with Gasteiger partial charge in [-0.3, -0.25) is 0 Å². The summed E-state index contributed by atoms with van der Waals surface area (Å²) in [6.45, 7) is 2.23. The van der Waals surface area contributed by atoms with Crippen LogP contribution in [-0.4, -0.2) is 22.2 Å². The monoisotopic (exact) mass is 287 g/mol. The molecule has 0 saturated heterocycles. The van der Waals surface area contributed by atoms with Gasteiger partial charge in [-0.2, -0.15) is 0 Å². The van der Waals surface area contributed by atoms with Crippen molar-refractivity contribution >= 4 is 11.9 Å². The molecule has 1 aromatic carbocycles. The minimum atomic E-state index is -1.23. The Kier molecular flexibility index (Phi) is 8.25. The van der Waals surface area contributed by atoms with E-state index < -0.39 is 11.9 Å². The van der Waals surface area contributed by atoms with Gasteiger partial charge in [-0.15, -0.1) is 0 Å². The normalized spacial score (nSPS) is 9.12. The summed E-state index contributed by atoms with van der Waals surface area (Å²) in [5, 5.41) is 18.6. The summed E-state index contributed by atoms with van der Waals surface area (Å²) >= 11 is 1.48. The molecule has 0 atom stereocenters. The molecule has 0 spiro atoms. The molecule has 0 aliphatic heterocycles. The van der Waals surface area contributed by atoms with Gasteiger partial charge in [0.1, 0.15) is 0 Å². The third-order valence-electron chi connectivity index (χ3n) is 1.99. The number of hydrogen-bond acceptors (Lipinski definition) is 2. The van der Waals surface area contributed by atoms with Crippen molar-refractivity contribution in [3.8, 4) is 0 Å². The van der Waals surface area contributed by atoms with Gasteiger partial charge in [0.2, 0.25) is 0 Å². The zero-order chi connectivity index (χ0) is 13.3. The first kappa shape index (κ1) is 15.8. The quantitative estimate of drug-likeness (QED) is 0.836. The maximum Gasteiger partial charge on any atom is 0.336 e. The van der Waals surface area contributed by atoms with Gasteiger partial charge in [-0.25, -0.2) is 9.59 Å². The molecule has 0 aliphatic rings. The van der Waals surface area contributed by atoms with Crippen molar-refractivity contribution in [2.24, 2.45) is 0 Å². The minimum Gasteiger partial charge on any atom is -0.478 e. The summed E-state index contributed by atoms with van der Waals surface area (Å²) in [4.78, 5) is 20.9. The molecular weight excluding hydrogens is 274 g/mol. The molecule has 0 saturated carbocycles. The molecule has 0 radical (unpaired) electrons. The van der Waals surface area contributed by atoms with E-state index >= 15 is 0 Å². The first-order valence-corrected chi connectivity index (χ1v) is 7.49. The number of rotatable bonds is 4. The van der Waals surface area contributed by atoms with Gasteiger partial charge in [0.25, 0.3) is 0 Å². The van der Waals surface area contributed by atoms with E-state index in [0.717, 1.165) is 0 Å². The molecule has 89 valence electrons. The Morgan fingerprint density at radius 1 is 1.12 bits per heavy atom. The van der Waals surface area contributed by atoms with Gasteiger partial charge < -0.3 is 10.2 Å². The van der Waals surface area contributed by atoms with E-state index in [-0.39, 0.29) is 11.1 Å². The van der Waals surface area contributed by atoms with Crippen LogP contribution >= 0.6 is 0 Å². The molecule has 2 N–H and O–H groups in total. The summed E-state index contributed by atoms with van der Waals surface area (Å²) < 4.78 is 0. The van der Waals surface area contributed by atoms with Crippen LogP contribution in [0.5, 0.6) is 0 Å². The van der Waals surface area contributed by atoms with Gasteiger partial charge in [0.15, 0.2) is 0 Å². The number of aromatic carboxylic acids is 2. The number of carboxylic acid groups (broad SMARTS) is 2. The molecule has 0 heterocycles. The third-order valence-corrected chi connectivity index (χ3v) is 3.04. The van der Waals surface area contributed by atoms with Crippen LogP contribution in [0.3, 0.4) is 0 Å². The fourth-order valence-corrected chi connectivity index (χ4v) is 2.16. The average molecular weight is 289 g/mol. The average Bonchev–Trinajstić information content (AvgIpc) is 2.30. The molecule has 1 aromatic rings. The van der Waals surface area contributed by atoms with Crippen LogP contribution in [0.4, 0.5) is 0 Å². The number of carboxylic acids is 2. The molecule has 5 heteroatoms. The van der Waals surface area contributed by atoms with E-state index in [0.29, 0.717) is 0 Å². The second kappa shape index (κ2) is 8.88. The van der Waals surface area contributed by atoms with Crippen molar-refractivity contribution in [2.45, 2.75) is 24.8 Å². The SMILES string of the molecule is CCC[CH2][Zn].O=C(O)c1ccccc1C(=O)O. The summed E-state index contributed by atoms with van der Waals surface area (Å²) in [5.74, 6) is -2.46. The maximum atomic E-state index is 10.5. The number of carbonyl (C=O) groups is 2. The molecule has 0 amide bonds. The molecule has 0 aliphatic carbocycles. The predicted octanol–water partition coefficient (Wildman–Crippen LogP) is 2.83. The van der Waals surface area contributed by atoms with Crippen LogP contribution in [-0.2, 0) is 18.3 Å². The molecule has 1 rings (SSSR count). The van der Waals surface area contributed by atoms with Crippen LogP contribution in [0.25, 0.3) is 0 Å². The van der Waals surface area contributed by atoms with Gasteiger partial charge >= 0.3 is 55.0 Å². The zero-order valence-electron chi connectivity index (χ0n) is 9.85. The topological polar surface area (TPSA) is 74.6 Å². The minimum absolute atomic E-state index is 0.190. The van der Waals surface area contributed by atoms with E-state index in [2.05, 4.69) is 6.92 Å². The maximum absolute atomic E-state index is 10.5. The zero-order valence-corrected chi connectivity index (χ0v) is 12.8. The van der Waals surface area contributed by atoms with Crippen molar-refractivity contribution in [3.05, 3.63) is 35.4 Å². The van der Waals surface area contributed by atoms with E-state index in [4.69, 9.17) is 10.2 Å². The van der Waals surface area contributed by atoms with E-state index in [1.807, 2.05) is 0 Å². The Labute approximate surface area is 110 Å². The fraction of sp³-hybridized carbons (Fsp3) is 0.333. The molecule has 17 heavy (non-hydrogen) atoms. The summed E-state index contributed by atoms with van der Waals surface area (Å²) in [5.41, 5.74) is -0.380. The number of benzene rings is 1. The van der Waals surface area contributed by atoms with Crippen molar-refractivity contribution < 1.29 is 38.1 Å². The molecule has 0 fully saturated rings. The van der Waals surface area contributed by atoms with Crippen molar-refractivity contribution in [1.29, 1.82) is 0 Å².